The molecule has 0 N–H and O–H groups in total. The minimum atomic E-state index is -0.0630. The van der Waals surface area contributed by atoms with Gasteiger partial charge >= 0.3 is 0 Å². The van der Waals surface area contributed by atoms with Gasteiger partial charge in [-0.2, -0.15) is 4.80 Å². The summed E-state index contributed by atoms with van der Waals surface area (Å²) in [5.74, 6) is 0.342. The van der Waals surface area contributed by atoms with E-state index in [-0.39, 0.29) is 18.5 Å². The lowest BCUT2D eigenvalue weighted by Gasteiger charge is -2.26. The summed E-state index contributed by atoms with van der Waals surface area (Å²) in [7, 11) is 0. The summed E-state index contributed by atoms with van der Waals surface area (Å²) < 4.78 is 0. The molecule has 2 aromatic carbocycles. The number of nitrogens with zero attached hydrogens (tertiary/aromatic N) is 5. The summed E-state index contributed by atoms with van der Waals surface area (Å²) >= 11 is 6.16. The molecule has 0 unspecified atom stereocenters. The molecule has 0 aliphatic rings. The smallest absolute Gasteiger partial charge is 0.246 e. The molecular formula is C19H20ClN5O. The minimum Gasteiger partial charge on any atom is -0.334 e. The van der Waals surface area contributed by atoms with Crippen LogP contribution in [0.4, 0.5) is 0 Å². The van der Waals surface area contributed by atoms with Gasteiger partial charge in [0.2, 0.25) is 11.7 Å². The standard InChI is InChI=1S/C19H20ClN5O/c1-14(2)24(12-15-8-4-3-5-9-15)18(26)13-25-22-19(21-23-25)16-10-6-7-11-17(16)20/h3-11,14H,12-13H2,1-2H3. The normalized spacial score (nSPS) is 10.9. The van der Waals surface area contributed by atoms with Crippen LogP contribution in [0.5, 0.6) is 0 Å². The number of benzene rings is 2. The highest BCUT2D eigenvalue weighted by Gasteiger charge is 2.19. The zero-order valence-corrected chi connectivity index (χ0v) is 15.5. The van der Waals surface area contributed by atoms with Crippen LogP contribution in [0, 0.1) is 0 Å². The van der Waals surface area contributed by atoms with Crippen LogP contribution >= 0.6 is 11.6 Å². The van der Waals surface area contributed by atoms with E-state index in [0.29, 0.717) is 23.0 Å². The molecule has 3 aromatic rings. The van der Waals surface area contributed by atoms with E-state index in [1.165, 1.54) is 4.80 Å². The van der Waals surface area contributed by atoms with Gasteiger partial charge in [0.1, 0.15) is 6.54 Å². The molecule has 7 heteroatoms. The fourth-order valence-corrected chi connectivity index (χ4v) is 2.83. The van der Waals surface area contributed by atoms with Gasteiger partial charge in [-0.15, -0.1) is 10.2 Å². The summed E-state index contributed by atoms with van der Waals surface area (Å²) in [5.41, 5.74) is 1.77. The third kappa shape index (κ3) is 4.26. The zero-order valence-electron chi connectivity index (χ0n) is 14.7. The van der Waals surface area contributed by atoms with Crippen molar-refractivity contribution in [1.29, 1.82) is 0 Å². The van der Waals surface area contributed by atoms with Gasteiger partial charge in [0, 0.05) is 18.2 Å². The second kappa shape index (κ2) is 8.10. The highest BCUT2D eigenvalue weighted by molar-refractivity contribution is 6.33. The van der Waals surface area contributed by atoms with Gasteiger partial charge < -0.3 is 4.90 Å². The fraction of sp³-hybridized carbons (Fsp3) is 0.263. The Balaban J connectivity index is 1.73. The zero-order chi connectivity index (χ0) is 18.5. The molecule has 0 aliphatic heterocycles. The van der Waals surface area contributed by atoms with Gasteiger partial charge in [0.05, 0.1) is 5.02 Å². The number of hydrogen-bond acceptors (Lipinski definition) is 4. The van der Waals surface area contributed by atoms with Gasteiger partial charge in [-0.25, -0.2) is 0 Å². The number of aromatic nitrogens is 4. The highest BCUT2D eigenvalue weighted by atomic mass is 35.5. The van der Waals surface area contributed by atoms with E-state index in [2.05, 4.69) is 15.4 Å². The maximum atomic E-state index is 12.7. The number of carbonyl (C=O) groups excluding carboxylic acids is 1. The predicted molar refractivity (Wildman–Crippen MR) is 100 cm³/mol. The molecule has 0 bridgehead atoms. The van der Waals surface area contributed by atoms with Gasteiger partial charge in [0.25, 0.3) is 0 Å². The monoisotopic (exact) mass is 369 g/mol. The molecule has 134 valence electrons. The van der Waals surface area contributed by atoms with E-state index in [1.54, 1.807) is 11.0 Å². The van der Waals surface area contributed by atoms with Crippen LogP contribution in [0.15, 0.2) is 54.6 Å². The molecule has 0 saturated carbocycles. The van der Waals surface area contributed by atoms with Crippen molar-refractivity contribution in [2.24, 2.45) is 0 Å². The van der Waals surface area contributed by atoms with E-state index in [9.17, 15) is 4.79 Å². The Kier molecular flexibility index (Phi) is 5.63. The molecule has 1 amide bonds. The number of hydrogen-bond donors (Lipinski definition) is 0. The Bertz CT molecular complexity index is 878. The average Bonchev–Trinajstić information content (AvgIpc) is 3.08. The molecule has 0 fully saturated rings. The van der Waals surface area contributed by atoms with Crippen molar-refractivity contribution in [3.05, 3.63) is 65.2 Å². The summed E-state index contributed by atoms with van der Waals surface area (Å²) in [5, 5.41) is 12.8. The number of carbonyl (C=O) groups is 1. The van der Waals surface area contributed by atoms with E-state index < -0.39 is 0 Å². The number of rotatable bonds is 6. The van der Waals surface area contributed by atoms with Crippen LogP contribution in [-0.2, 0) is 17.9 Å². The van der Waals surface area contributed by atoms with Crippen molar-refractivity contribution in [3.63, 3.8) is 0 Å². The first-order valence-corrected chi connectivity index (χ1v) is 8.78. The van der Waals surface area contributed by atoms with Crippen molar-refractivity contribution < 1.29 is 4.79 Å². The minimum absolute atomic E-state index is 0.0302. The number of amides is 1. The number of halogens is 1. The lowest BCUT2D eigenvalue weighted by atomic mass is 10.2. The summed E-state index contributed by atoms with van der Waals surface area (Å²) in [6.45, 7) is 4.56. The van der Waals surface area contributed by atoms with E-state index in [4.69, 9.17) is 11.6 Å². The van der Waals surface area contributed by atoms with Crippen molar-refractivity contribution >= 4 is 17.5 Å². The van der Waals surface area contributed by atoms with Gasteiger partial charge in [0.15, 0.2) is 0 Å². The second-order valence-electron chi connectivity index (χ2n) is 6.22. The second-order valence-corrected chi connectivity index (χ2v) is 6.63. The summed E-state index contributed by atoms with van der Waals surface area (Å²) in [6, 6.07) is 17.2. The summed E-state index contributed by atoms with van der Waals surface area (Å²) in [4.78, 5) is 15.8. The molecule has 0 spiro atoms. The first-order valence-electron chi connectivity index (χ1n) is 8.40. The van der Waals surface area contributed by atoms with Crippen molar-refractivity contribution in [3.8, 4) is 11.4 Å². The topological polar surface area (TPSA) is 63.9 Å². The SMILES string of the molecule is CC(C)N(Cc1ccccc1)C(=O)Cn1nnc(-c2ccccc2Cl)n1. The average molecular weight is 370 g/mol. The summed E-state index contributed by atoms with van der Waals surface area (Å²) in [6.07, 6.45) is 0. The van der Waals surface area contributed by atoms with E-state index in [1.807, 2.05) is 62.4 Å². The first-order chi connectivity index (χ1) is 12.5. The Morgan fingerprint density at radius 3 is 2.50 bits per heavy atom. The first kappa shape index (κ1) is 18.1. The lowest BCUT2D eigenvalue weighted by Crippen LogP contribution is -2.39. The van der Waals surface area contributed by atoms with Gasteiger partial charge in [-0.1, -0.05) is 54.1 Å². The Hall–Kier alpha value is -2.73. The Morgan fingerprint density at radius 1 is 1.12 bits per heavy atom. The third-order valence-electron chi connectivity index (χ3n) is 3.98. The molecule has 1 heterocycles. The lowest BCUT2D eigenvalue weighted by molar-refractivity contribution is -0.134. The van der Waals surface area contributed by atoms with Crippen molar-refractivity contribution in [2.45, 2.75) is 33.0 Å². The van der Waals surface area contributed by atoms with Crippen molar-refractivity contribution in [2.75, 3.05) is 0 Å². The van der Waals surface area contributed by atoms with Gasteiger partial charge in [-0.05, 0) is 36.8 Å². The molecule has 0 aliphatic carbocycles. The molecule has 1 aromatic heterocycles. The fourth-order valence-electron chi connectivity index (χ4n) is 2.61. The van der Waals surface area contributed by atoms with Crippen LogP contribution in [0.2, 0.25) is 5.02 Å². The largest absolute Gasteiger partial charge is 0.334 e. The molecule has 6 nitrogen and oxygen atoms in total. The van der Waals surface area contributed by atoms with Crippen molar-refractivity contribution in [1.82, 2.24) is 25.1 Å². The molecular weight excluding hydrogens is 350 g/mol. The molecule has 0 radical (unpaired) electrons. The highest BCUT2D eigenvalue weighted by Crippen LogP contribution is 2.23. The van der Waals surface area contributed by atoms with E-state index >= 15 is 0 Å². The van der Waals surface area contributed by atoms with Crippen LogP contribution in [-0.4, -0.2) is 37.1 Å². The predicted octanol–water partition coefficient (Wildman–Crippen LogP) is 3.43. The van der Waals surface area contributed by atoms with Crippen LogP contribution in [0.25, 0.3) is 11.4 Å². The Morgan fingerprint density at radius 2 is 1.81 bits per heavy atom. The maximum Gasteiger partial charge on any atom is 0.246 e. The van der Waals surface area contributed by atoms with Crippen LogP contribution in [0.1, 0.15) is 19.4 Å². The Labute approximate surface area is 157 Å². The quantitative estimate of drug-likeness (QED) is 0.667. The molecule has 0 saturated heterocycles. The van der Waals surface area contributed by atoms with Crippen LogP contribution in [0.3, 0.4) is 0 Å². The molecule has 3 rings (SSSR count). The van der Waals surface area contributed by atoms with Crippen LogP contribution < -0.4 is 0 Å². The molecule has 0 atom stereocenters. The number of tetrazole rings is 1. The molecule has 26 heavy (non-hydrogen) atoms. The third-order valence-corrected chi connectivity index (χ3v) is 4.31. The maximum absolute atomic E-state index is 12.7. The van der Waals surface area contributed by atoms with Gasteiger partial charge in [-0.3, -0.25) is 4.79 Å². The van der Waals surface area contributed by atoms with E-state index in [0.717, 1.165) is 5.56 Å².